The molecule has 2 heterocycles. The molecule has 11 nitrogen and oxygen atoms in total. The molecule has 1 amide bonds. The van der Waals surface area contributed by atoms with Crippen molar-refractivity contribution in [2.75, 3.05) is 107 Å². The Bertz CT molecular complexity index is 1190. The highest BCUT2D eigenvalue weighted by molar-refractivity contribution is 9.09. The lowest BCUT2D eigenvalue weighted by atomic mass is 10.2. The molecule has 0 aliphatic carbocycles. The molecule has 0 saturated carbocycles. The van der Waals surface area contributed by atoms with Gasteiger partial charge in [0.25, 0.3) is 0 Å². The van der Waals surface area contributed by atoms with Gasteiger partial charge in [-0.15, -0.1) is 58.5 Å². The zero-order valence-corrected chi connectivity index (χ0v) is 38.9. The summed E-state index contributed by atoms with van der Waals surface area (Å²) in [6.45, 7) is 8.13. The van der Waals surface area contributed by atoms with Gasteiger partial charge >= 0.3 is 13.6 Å². The topological polar surface area (TPSA) is 138 Å². The second kappa shape index (κ2) is 37.1. The molecule has 3 rings (SSSR count). The van der Waals surface area contributed by atoms with E-state index < -0.39 is 7.60 Å². The van der Waals surface area contributed by atoms with Crippen LogP contribution in [-0.4, -0.2) is 138 Å². The lowest BCUT2D eigenvalue weighted by Crippen LogP contribution is -3.00. The van der Waals surface area contributed by atoms with E-state index in [-0.39, 0.29) is 65.6 Å². The third-order valence-electron chi connectivity index (χ3n) is 5.38. The molecule has 0 spiro atoms. The van der Waals surface area contributed by atoms with Crippen LogP contribution in [0, 0.1) is 0 Å². The number of hydrogen-bond acceptors (Lipinski definition) is 8. The number of hydrogen-bond donors (Lipinski definition) is 3. The predicted molar refractivity (Wildman–Crippen MR) is 221 cm³/mol. The Balaban J connectivity index is -0.000000279. The van der Waals surface area contributed by atoms with Gasteiger partial charge < -0.3 is 46.0 Å². The van der Waals surface area contributed by atoms with Gasteiger partial charge in [-0.3, -0.25) is 19.1 Å². The van der Waals surface area contributed by atoms with E-state index in [1.807, 2.05) is 18.2 Å². The Morgan fingerprint density at radius 2 is 1.73 bits per heavy atom. The first kappa shape index (κ1) is 57.9. The lowest BCUT2D eigenvalue weighted by Gasteiger charge is -2.25. The van der Waals surface area contributed by atoms with Gasteiger partial charge in [-0.05, 0) is 12.5 Å². The van der Waals surface area contributed by atoms with Crippen LogP contribution < -0.4 is 22.3 Å². The second-order valence-corrected chi connectivity index (χ2v) is 15.8. The average Bonchev–Trinajstić information content (AvgIpc) is 3.47. The number of rotatable bonds is 13. The third kappa shape index (κ3) is 41.2. The fourth-order valence-electron chi connectivity index (χ4n) is 3.01. The summed E-state index contributed by atoms with van der Waals surface area (Å²) < 4.78 is 20.8. The number of nitrogens with one attached hydrogen (secondary N) is 1. The highest BCUT2D eigenvalue weighted by Gasteiger charge is 2.11. The molecule has 0 unspecified atom stereocenters. The SMILES string of the molecule is BrCC=Cc1ccccc1.CCOC(=O)Cc1csc(NC(=O)CCl)n1.C[N+](C)(C)CCBr.Cl.ClCCN1CCOCC1.O=P(O)(O)CCCl.[Br-]. The Labute approximate surface area is 356 Å². The number of esters is 1. The monoisotopic (exact) mass is 1030 g/mol. The fraction of sp³-hybridized carbons (Fsp3) is 0.581. The van der Waals surface area contributed by atoms with E-state index >= 15 is 0 Å². The molecule has 298 valence electrons. The number of benzene rings is 1. The van der Waals surface area contributed by atoms with Crippen LogP contribution in [0.2, 0.25) is 0 Å². The maximum Gasteiger partial charge on any atom is 0.326 e. The van der Waals surface area contributed by atoms with E-state index in [1.54, 1.807) is 12.3 Å². The summed E-state index contributed by atoms with van der Waals surface area (Å²) in [4.78, 5) is 44.5. The van der Waals surface area contributed by atoms with Crippen molar-refractivity contribution < 1.29 is 54.9 Å². The average molecular weight is 1040 g/mol. The van der Waals surface area contributed by atoms with Gasteiger partial charge in [-0.1, -0.05) is 74.3 Å². The van der Waals surface area contributed by atoms with E-state index in [2.05, 4.69) is 92.5 Å². The minimum absolute atomic E-state index is 0. The summed E-state index contributed by atoms with van der Waals surface area (Å²) in [5.74, 6) is -0.0152. The number of thiazole rings is 1. The van der Waals surface area contributed by atoms with Crippen molar-refractivity contribution in [3.63, 3.8) is 0 Å². The molecule has 0 atom stereocenters. The number of allylic oxidation sites excluding steroid dienone is 1. The number of aromatic nitrogens is 1. The van der Waals surface area contributed by atoms with Crippen molar-refractivity contribution in [3.05, 3.63) is 53.0 Å². The number of alkyl halides is 5. The van der Waals surface area contributed by atoms with Crippen LogP contribution in [-0.2, 0) is 30.0 Å². The van der Waals surface area contributed by atoms with Crippen molar-refractivity contribution in [3.8, 4) is 0 Å². The van der Waals surface area contributed by atoms with Gasteiger partial charge in [-0.2, -0.15) is 0 Å². The summed E-state index contributed by atoms with van der Waals surface area (Å²) in [6.07, 6.45) is 4.06. The number of carbonyl (C=O) groups excluding carboxylic acids is 2. The van der Waals surface area contributed by atoms with Crippen LogP contribution in [0.25, 0.3) is 6.08 Å². The van der Waals surface area contributed by atoms with Crippen LogP contribution in [0.15, 0.2) is 41.8 Å². The number of amides is 1. The number of nitrogens with zero attached hydrogens (tertiary/aromatic N) is 3. The highest BCUT2D eigenvalue weighted by atomic mass is 79.9. The van der Waals surface area contributed by atoms with Gasteiger partial charge in [0.2, 0.25) is 5.91 Å². The van der Waals surface area contributed by atoms with Gasteiger partial charge in [0.05, 0.1) is 71.1 Å². The molecule has 1 aromatic carbocycles. The largest absolute Gasteiger partial charge is 1.00 e. The normalized spacial score (nSPS) is 12.4. The summed E-state index contributed by atoms with van der Waals surface area (Å²) >= 11 is 23.8. The molecule has 1 saturated heterocycles. The number of carbonyl (C=O) groups is 2. The van der Waals surface area contributed by atoms with Crippen molar-refractivity contribution in [2.45, 2.75) is 13.3 Å². The molecule has 2 aromatic rings. The highest BCUT2D eigenvalue weighted by Crippen LogP contribution is 2.33. The van der Waals surface area contributed by atoms with Crippen molar-refractivity contribution in [1.82, 2.24) is 9.88 Å². The summed E-state index contributed by atoms with van der Waals surface area (Å²) in [5.41, 5.74) is 1.83. The Hall–Kier alpha value is 0.160. The molecule has 0 bridgehead atoms. The van der Waals surface area contributed by atoms with E-state index in [9.17, 15) is 14.2 Å². The zero-order chi connectivity index (χ0) is 37.6. The summed E-state index contributed by atoms with van der Waals surface area (Å²) in [7, 11) is 2.75. The molecule has 1 aliphatic rings. The molecule has 1 fully saturated rings. The van der Waals surface area contributed by atoms with Crippen LogP contribution in [0.3, 0.4) is 0 Å². The Morgan fingerprint density at radius 3 is 2.14 bits per heavy atom. The molecular weight excluding hydrogens is 985 g/mol. The summed E-state index contributed by atoms with van der Waals surface area (Å²) in [6, 6.07) is 10.3. The summed E-state index contributed by atoms with van der Waals surface area (Å²) in [5, 5.41) is 6.64. The minimum Gasteiger partial charge on any atom is -1.00 e. The molecule has 0 radical (unpaired) electrons. The van der Waals surface area contributed by atoms with Gasteiger partial charge in [0.15, 0.2) is 5.13 Å². The molecular formula is C31H52Br3Cl4N4O7PS. The van der Waals surface area contributed by atoms with Gasteiger partial charge in [0.1, 0.15) is 5.88 Å². The van der Waals surface area contributed by atoms with E-state index in [4.69, 9.17) is 54.1 Å². The Kier molecular flexibility index (Phi) is 42.1. The van der Waals surface area contributed by atoms with E-state index in [1.165, 1.54) is 23.4 Å². The molecule has 20 heteroatoms. The number of quaternary nitrogens is 1. The number of ether oxygens (including phenoxy) is 2. The van der Waals surface area contributed by atoms with Crippen LogP contribution in [0.1, 0.15) is 18.2 Å². The lowest BCUT2D eigenvalue weighted by molar-refractivity contribution is -0.867. The first-order valence-corrected chi connectivity index (χ1v) is 21.7. The van der Waals surface area contributed by atoms with E-state index in [0.29, 0.717) is 17.4 Å². The first-order chi connectivity index (χ1) is 23.1. The molecule has 3 N–H and O–H groups in total. The molecule has 1 aliphatic heterocycles. The third-order valence-corrected chi connectivity index (χ3v) is 8.59. The van der Waals surface area contributed by atoms with Gasteiger partial charge in [-0.25, -0.2) is 4.98 Å². The Morgan fingerprint density at radius 1 is 1.12 bits per heavy atom. The maximum absolute atomic E-state index is 11.1. The molecule has 51 heavy (non-hydrogen) atoms. The van der Waals surface area contributed by atoms with Crippen LogP contribution >= 0.6 is 98.0 Å². The van der Waals surface area contributed by atoms with Crippen molar-refractivity contribution in [2.24, 2.45) is 0 Å². The quantitative estimate of drug-likeness (QED) is 0.118. The smallest absolute Gasteiger partial charge is 0.326 e. The fourth-order valence-corrected chi connectivity index (χ4v) is 6.17. The minimum atomic E-state index is -3.80. The van der Waals surface area contributed by atoms with Crippen molar-refractivity contribution in [1.29, 1.82) is 0 Å². The van der Waals surface area contributed by atoms with Crippen molar-refractivity contribution >= 4 is 121 Å². The standard InChI is InChI=1S/C9H9Br.C9H11ClN2O3S.C6H12ClNO.C5H13BrN.C2H6ClO3P.BrH.ClH/c10-8-4-7-9-5-2-1-3-6-9;1-2-15-8(14)3-6-5-16-9(11-6)12-7(13)4-10;7-1-2-8-3-5-9-6-4-8;1-7(2,3)5-4-6;3-1-2-7(4,5)6;;/h1-7H,8H2;5H,2-4H2,1H3,(H,11,12,13);1-6H2;4-5H2,1-3H3;1-2H2,(H2,4,5,6);2*1H/q;;;+1;;;/p-1. The number of morpholine rings is 1. The second-order valence-electron chi connectivity index (χ2n) is 10.7. The molecule has 1 aromatic heterocycles. The number of halogens is 7. The van der Waals surface area contributed by atoms with Gasteiger partial charge in [0, 0.05) is 42.1 Å². The van der Waals surface area contributed by atoms with Crippen LogP contribution in [0.4, 0.5) is 5.13 Å². The first-order valence-electron chi connectivity index (χ1n) is 15.2. The van der Waals surface area contributed by atoms with Crippen LogP contribution in [0.5, 0.6) is 0 Å². The predicted octanol–water partition coefficient (Wildman–Crippen LogP) is 3.99. The zero-order valence-electron chi connectivity index (χ0n) is 29.3. The number of anilines is 1. The van der Waals surface area contributed by atoms with E-state index in [0.717, 1.165) is 53.9 Å². The maximum atomic E-state index is 11.1.